The SMILES string of the molecule is CCn1c(COc2cc(C)ccc2C)nnc1SCC(=O)Nc1nc(-c2ccc(C)cc2)cs1. The van der Waals surface area contributed by atoms with Gasteiger partial charge < -0.3 is 14.6 Å². The van der Waals surface area contributed by atoms with Crippen LogP contribution in [0.2, 0.25) is 0 Å². The molecule has 2 heterocycles. The minimum atomic E-state index is -0.131. The Kier molecular flexibility index (Phi) is 7.64. The highest BCUT2D eigenvalue weighted by Crippen LogP contribution is 2.26. The number of rotatable bonds is 9. The van der Waals surface area contributed by atoms with E-state index >= 15 is 0 Å². The molecule has 0 fully saturated rings. The molecule has 7 nitrogen and oxygen atoms in total. The van der Waals surface area contributed by atoms with Crippen molar-refractivity contribution in [2.75, 3.05) is 11.1 Å². The van der Waals surface area contributed by atoms with E-state index in [9.17, 15) is 4.79 Å². The molecule has 0 aliphatic rings. The van der Waals surface area contributed by atoms with Gasteiger partial charge in [0.2, 0.25) is 5.91 Å². The second-order valence-electron chi connectivity index (χ2n) is 7.94. The van der Waals surface area contributed by atoms with Crippen molar-refractivity contribution in [2.45, 2.75) is 46.0 Å². The van der Waals surface area contributed by atoms with E-state index in [1.807, 2.05) is 55.0 Å². The van der Waals surface area contributed by atoms with Gasteiger partial charge in [-0.1, -0.05) is 53.7 Å². The van der Waals surface area contributed by atoms with Crippen molar-refractivity contribution in [3.8, 4) is 17.0 Å². The molecule has 9 heteroatoms. The average molecular weight is 494 g/mol. The minimum absolute atomic E-state index is 0.131. The molecule has 4 aromatic rings. The quantitative estimate of drug-likeness (QED) is 0.303. The molecule has 0 aliphatic carbocycles. The summed E-state index contributed by atoms with van der Waals surface area (Å²) in [4.78, 5) is 17.1. The van der Waals surface area contributed by atoms with Gasteiger partial charge in [0.05, 0.1) is 11.4 Å². The van der Waals surface area contributed by atoms with E-state index in [4.69, 9.17) is 4.74 Å². The van der Waals surface area contributed by atoms with Crippen LogP contribution in [0, 0.1) is 20.8 Å². The zero-order valence-corrected chi connectivity index (χ0v) is 21.3. The predicted octanol–water partition coefficient (Wildman–Crippen LogP) is 5.66. The molecule has 2 aromatic carbocycles. The van der Waals surface area contributed by atoms with Gasteiger partial charge in [-0.2, -0.15) is 0 Å². The minimum Gasteiger partial charge on any atom is -0.485 e. The van der Waals surface area contributed by atoms with Crippen LogP contribution in [0.4, 0.5) is 5.13 Å². The number of thiazole rings is 1. The number of anilines is 1. The summed E-state index contributed by atoms with van der Waals surface area (Å²) in [7, 11) is 0. The van der Waals surface area contributed by atoms with Gasteiger partial charge in [-0.3, -0.25) is 4.79 Å². The molecule has 0 unspecified atom stereocenters. The molecule has 0 atom stereocenters. The molecule has 0 saturated carbocycles. The van der Waals surface area contributed by atoms with E-state index in [1.165, 1.54) is 28.7 Å². The summed E-state index contributed by atoms with van der Waals surface area (Å²) in [5.74, 6) is 1.66. The molecule has 1 N–H and O–H groups in total. The normalized spacial score (nSPS) is 10.9. The number of benzene rings is 2. The van der Waals surface area contributed by atoms with Gasteiger partial charge in [-0.25, -0.2) is 4.98 Å². The Hall–Kier alpha value is -3.17. The van der Waals surface area contributed by atoms with Crippen molar-refractivity contribution >= 4 is 34.1 Å². The van der Waals surface area contributed by atoms with Crippen LogP contribution in [0.1, 0.15) is 29.4 Å². The molecule has 2 aromatic heterocycles. The first-order chi connectivity index (χ1) is 16.4. The number of aryl methyl sites for hydroxylation is 3. The predicted molar refractivity (Wildman–Crippen MR) is 138 cm³/mol. The molecule has 4 rings (SSSR count). The lowest BCUT2D eigenvalue weighted by molar-refractivity contribution is -0.113. The number of ether oxygens (including phenoxy) is 1. The maximum absolute atomic E-state index is 12.5. The molecule has 0 saturated heterocycles. The Balaban J connectivity index is 1.33. The van der Waals surface area contributed by atoms with Crippen LogP contribution in [0.5, 0.6) is 5.75 Å². The van der Waals surface area contributed by atoms with Gasteiger partial charge in [0.1, 0.15) is 12.4 Å². The highest BCUT2D eigenvalue weighted by molar-refractivity contribution is 7.99. The first-order valence-electron chi connectivity index (χ1n) is 11.0. The summed E-state index contributed by atoms with van der Waals surface area (Å²) in [5.41, 5.74) is 5.30. The van der Waals surface area contributed by atoms with E-state index in [-0.39, 0.29) is 11.7 Å². The fourth-order valence-corrected chi connectivity index (χ4v) is 4.89. The van der Waals surface area contributed by atoms with Crippen LogP contribution < -0.4 is 10.1 Å². The van der Waals surface area contributed by atoms with Crippen LogP contribution in [-0.2, 0) is 17.9 Å². The van der Waals surface area contributed by atoms with Gasteiger partial charge in [0.15, 0.2) is 16.1 Å². The van der Waals surface area contributed by atoms with Gasteiger partial charge in [-0.05, 0) is 44.9 Å². The number of thioether (sulfide) groups is 1. The van der Waals surface area contributed by atoms with Gasteiger partial charge in [0, 0.05) is 17.5 Å². The van der Waals surface area contributed by atoms with E-state index in [0.717, 1.165) is 34.0 Å². The number of hydrogen-bond donors (Lipinski definition) is 1. The van der Waals surface area contributed by atoms with Gasteiger partial charge in [0.25, 0.3) is 0 Å². The fourth-order valence-electron chi connectivity index (χ4n) is 3.33. The van der Waals surface area contributed by atoms with Crippen molar-refractivity contribution in [1.82, 2.24) is 19.7 Å². The third-order valence-corrected chi connectivity index (χ3v) is 6.96. The summed E-state index contributed by atoms with van der Waals surface area (Å²) in [5, 5.41) is 14.7. The lowest BCUT2D eigenvalue weighted by atomic mass is 10.1. The van der Waals surface area contributed by atoms with Gasteiger partial charge in [-0.15, -0.1) is 21.5 Å². The third-order valence-electron chi connectivity index (χ3n) is 5.24. The molecule has 34 heavy (non-hydrogen) atoms. The van der Waals surface area contributed by atoms with Crippen LogP contribution in [0.15, 0.2) is 53.0 Å². The van der Waals surface area contributed by atoms with E-state index < -0.39 is 0 Å². The highest BCUT2D eigenvalue weighted by atomic mass is 32.2. The fraction of sp³-hybridized carbons (Fsp3) is 0.280. The van der Waals surface area contributed by atoms with Crippen LogP contribution in [0.25, 0.3) is 11.3 Å². The maximum Gasteiger partial charge on any atom is 0.236 e. The Morgan fingerprint density at radius 3 is 2.62 bits per heavy atom. The number of hydrogen-bond acceptors (Lipinski definition) is 7. The second-order valence-corrected chi connectivity index (χ2v) is 9.74. The highest BCUT2D eigenvalue weighted by Gasteiger charge is 2.15. The number of nitrogens with zero attached hydrogens (tertiary/aromatic N) is 4. The van der Waals surface area contributed by atoms with Crippen molar-refractivity contribution in [2.24, 2.45) is 0 Å². The smallest absolute Gasteiger partial charge is 0.236 e. The standard InChI is InChI=1S/C25H27N5O2S2/c1-5-30-22(13-32-21-12-17(3)6-9-18(21)4)28-29-25(30)34-15-23(31)27-24-26-20(14-33-24)19-10-7-16(2)8-11-19/h6-12,14H,5,13,15H2,1-4H3,(H,26,27,31). The number of nitrogens with one attached hydrogen (secondary N) is 1. The number of carbonyl (C=O) groups excluding carboxylic acids is 1. The molecule has 0 radical (unpaired) electrons. The topological polar surface area (TPSA) is 81.9 Å². The summed E-state index contributed by atoms with van der Waals surface area (Å²) in [6.07, 6.45) is 0. The zero-order chi connectivity index (χ0) is 24.1. The monoisotopic (exact) mass is 493 g/mol. The summed E-state index contributed by atoms with van der Waals surface area (Å²) in [6, 6.07) is 14.3. The second kappa shape index (κ2) is 10.8. The number of aromatic nitrogens is 4. The zero-order valence-electron chi connectivity index (χ0n) is 19.7. The van der Waals surface area contributed by atoms with E-state index in [1.54, 1.807) is 0 Å². The first kappa shape index (κ1) is 24.0. The Bertz CT molecular complexity index is 1280. The number of amides is 1. The van der Waals surface area contributed by atoms with Crippen molar-refractivity contribution in [3.05, 3.63) is 70.4 Å². The largest absolute Gasteiger partial charge is 0.485 e. The molecule has 1 amide bonds. The van der Waals surface area contributed by atoms with Crippen molar-refractivity contribution in [3.63, 3.8) is 0 Å². The lowest BCUT2D eigenvalue weighted by Gasteiger charge is -2.11. The number of carbonyl (C=O) groups is 1. The summed E-state index contributed by atoms with van der Waals surface area (Å²) >= 11 is 2.77. The van der Waals surface area contributed by atoms with E-state index in [0.29, 0.717) is 23.4 Å². The van der Waals surface area contributed by atoms with Crippen LogP contribution in [-0.4, -0.2) is 31.4 Å². The summed E-state index contributed by atoms with van der Waals surface area (Å²) in [6.45, 7) is 9.14. The Morgan fingerprint density at radius 2 is 1.85 bits per heavy atom. The molecule has 176 valence electrons. The van der Waals surface area contributed by atoms with Gasteiger partial charge >= 0.3 is 0 Å². The Morgan fingerprint density at radius 1 is 1.09 bits per heavy atom. The molecule has 0 aliphatic heterocycles. The first-order valence-corrected chi connectivity index (χ1v) is 12.9. The summed E-state index contributed by atoms with van der Waals surface area (Å²) < 4.78 is 7.96. The van der Waals surface area contributed by atoms with Crippen molar-refractivity contribution in [1.29, 1.82) is 0 Å². The van der Waals surface area contributed by atoms with E-state index in [2.05, 4.69) is 45.6 Å². The molecule has 0 spiro atoms. The van der Waals surface area contributed by atoms with Crippen LogP contribution >= 0.6 is 23.1 Å². The average Bonchev–Trinajstić information content (AvgIpc) is 3.45. The Labute approximate surface area is 207 Å². The third kappa shape index (κ3) is 5.84. The van der Waals surface area contributed by atoms with Crippen LogP contribution in [0.3, 0.4) is 0 Å². The lowest BCUT2D eigenvalue weighted by Crippen LogP contribution is -2.14. The maximum atomic E-state index is 12.5. The van der Waals surface area contributed by atoms with Crippen molar-refractivity contribution < 1.29 is 9.53 Å². The molecular formula is C25H27N5O2S2. The molecular weight excluding hydrogens is 466 g/mol. The molecule has 0 bridgehead atoms.